The molecule has 0 saturated heterocycles. The van der Waals surface area contributed by atoms with Crippen molar-refractivity contribution >= 4 is 70.0 Å². The molecule has 0 amide bonds. The summed E-state index contributed by atoms with van der Waals surface area (Å²) in [6.07, 6.45) is 2.29. The van der Waals surface area contributed by atoms with Crippen LogP contribution in [0.5, 0.6) is 0 Å². The Labute approximate surface area is 303 Å². The number of hydrogen-bond donors (Lipinski definition) is 0. The Hall–Kier alpha value is -4.02. The third kappa shape index (κ3) is 5.20. The molecule has 7 rings (SSSR count). The van der Waals surface area contributed by atoms with Crippen molar-refractivity contribution in [2.75, 3.05) is 16.8 Å². The first-order valence-corrected chi connectivity index (χ1v) is 21.3. The number of fused-ring (bicyclic) bond motifs is 4. The maximum Gasteiger partial charge on any atom is 0.247 e. The summed E-state index contributed by atoms with van der Waals surface area (Å²) < 4.78 is 0. The van der Waals surface area contributed by atoms with Crippen LogP contribution >= 0.6 is 0 Å². The monoisotopic (exact) mass is 674 g/mol. The van der Waals surface area contributed by atoms with E-state index >= 15 is 0 Å². The van der Waals surface area contributed by atoms with Crippen molar-refractivity contribution in [2.24, 2.45) is 0 Å². The second-order valence-electron chi connectivity index (χ2n) is 16.1. The minimum absolute atomic E-state index is 0.166. The van der Waals surface area contributed by atoms with E-state index in [1.807, 2.05) is 0 Å². The zero-order valence-electron chi connectivity index (χ0n) is 32.0. The van der Waals surface area contributed by atoms with Gasteiger partial charge in [0.2, 0.25) is 6.71 Å². The van der Waals surface area contributed by atoms with E-state index in [0.29, 0.717) is 22.9 Å². The summed E-state index contributed by atoms with van der Waals surface area (Å²) in [5.74, 6) is 0.864. The van der Waals surface area contributed by atoms with Crippen LogP contribution in [0, 0.1) is 0 Å². The lowest BCUT2D eigenvalue weighted by Crippen LogP contribution is -2.66. The molecule has 256 valence electrons. The maximum absolute atomic E-state index is 2.57. The molecular formula is C46H55BN2Si. The summed E-state index contributed by atoms with van der Waals surface area (Å²) >= 11 is 0. The van der Waals surface area contributed by atoms with Gasteiger partial charge in [-0.05, 0) is 97.7 Å². The summed E-state index contributed by atoms with van der Waals surface area (Å²) in [4.78, 5) is 5.02. The molecule has 4 heteroatoms. The van der Waals surface area contributed by atoms with Gasteiger partial charge in [-0.25, -0.2) is 0 Å². The third-order valence-electron chi connectivity index (χ3n) is 11.9. The predicted octanol–water partition coefficient (Wildman–Crippen LogP) is 9.65. The maximum atomic E-state index is 2.57. The molecule has 0 aromatic heterocycles. The highest BCUT2D eigenvalue weighted by molar-refractivity contribution is 7.06. The van der Waals surface area contributed by atoms with E-state index in [1.54, 1.807) is 10.4 Å². The Kier molecular flexibility index (Phi) is 9.14. The van der Waals surface area contributed by atoms with Gasteiger partial charge in [0.25, 0.3) is 0 Å². The van der Waals surface area contributed by atoms with Crippen LogP contribution in [0.15, 0.2) is 103 Å². The molecule has 0 N–H and O–H groups in total. The normalized spacial score (nSPS) is 14.7. The van der Waals surface area contributed by atoms with Gasteiger partial charge in [0.15, 0.2) is 0 Å². The number of benzene rings is 5. The molecular weight excluding hydrogens is 619 g/mol. The van der Waals surface area contributed by atoms with Gasteiger partial charge >= 0.3 is 0 Å². The van der Waals surface area contributed by atoms with Gasteiger partial charge in [-0.1, -0.05) is 147 Å². The molecule has 5 aromatic carbocycles. The summed E-state index contributed by atoms with van der Waals surface area (Å²) in [7, 11) is 0.171. The molecule has 0 bridgehead atoms. The van der Waals surface area contributed by atoms with E-state index in [1.165, 1.54) is 61.5 Å². The molecule has 0 saturated carbocycles. The van der Waals surface area contributed by atoms with E-state index in [2.05, 4.69) is 182 Å². The molecule has 0 aliphatic carbocycles. The highest BCUT2D eigenvalue weighted by Gasteiger charge is 2.50. The van der Waals surface area contributed by atoms with Crippen LogP contribution in [0.25, 0.3) is 0 Å². The lowest BCUT2D eigenvalue weighted by atomic mass is 9.33. The molecule has 2 nitrogen and oxygen atoms in total. The summed E-state index contributed by atoms with van der Waals surface area (Å²) in [6.45, 7) is 21.8. The largest absolute Gasteiger partial charge is 0.345 e. The van der Waals surface area contributed by atoms with E-state index in [4.69, 9.17) is 0 Å². The Morgan fingerprint density at radius 3 is 1.60 bits per heavy atom. The van der Waals surface area contributed by atoms with Crippen molar-refractivity contribution in [3.8, 4) is 0 Å². The quantitative estimate of drug-likeness (QED) is 0.151. The van der Waals surface area contributed by atoms with Gasteiger partial charge in [0.1, 0.15) is 8.07 Å². The molecule has 0 radical (unpaired) electrons. The van der Waals surface area contributed by atoms with Crippen molar-refractivity contribution in [3.63, 3.8) is 0 Å². The van der Waals surface area contributed by atoms with Crippen LogP contribution in [0.3, 0.4) is 0 Å². The van der Waals surface area contributed by atoms with Crippen LogP contribution in [-0.2, 0) is 6.42 Å². The molecule has 50 heavy (non-hydrogen) atoms. The molecule has 2 aliphatic heterocycles. The van der Waals surface area contributed by atoms with Crippen LogP contribution in [0.1, 0.15) is 97.3 Å². The number of nitrogens with zero attached hydrogens (tertiary/aromatic N) is 2. The number of para-hydroxylation sites is 3. The van der Waals surface area contributed by atoms with Crippen LogP contribution in [0.4, 0.5) is 28.4 Å². The zero-order chi connectivity index (χ0) is 35.5. The summed E-state index contributed by atoms with van der Waals surface area (Å²) in [5, 5.41) is 3.13. The van der Waals surface area contributed by atoms with Crippen molar-refractivity contribution in [3.05, 3.63) is 120 Å². The number of aryl methyl sites for hydroxylation is 1. The SMILES string of the molecule is CCCc1cc(C(C)C)c(B2c3ccccc3N(C)c3cc(N4c5ccccc5[Si](C(C)C)(C(C)C)c5ccccc54)ccc32)c(C(C)C)c1. The van der Waals surface area contributed by atoms with Gasteiger partial charge in [0.05, 0.1) is 0 Å². The molecule has 0 unspecified atom stereocenters. The van der Waals surface area contributed by atoms with Crippen molar-refractivity contribution in [2.45, 2.75) is 98.1 Å². The Bertz CT molecular complexity index is 1960. The highest BCUT2D eigenvalue weighted by Crippen LogP contribution is 2.45. The smallest absolute Gasteiger partial charge is 0.247 e. The summed E-state index contributed by atoms with van der Waals surface area (Å²) in [6, 6.07) is 40.2. The third-order valence-corrected chi connectivity index (χ3v) is 18.2. The number of anilines is 5. The average Bonchev–Trinajstić information content (AvgIpc) is 3.10. The topological polar surface area (TPSA) is 6.48 Å². The fraction of sp³-hybridized carbons (Fsp3) is 0.348. The van der Waals surface area contributed by atoms with Gasteiger partial charge < -0.3 is 9.80 Å². The average molecular weight is 675 g/mol. The fourth-order valence-electron chi connectivity index (χ4n) is 9.84. The zero-order valence-corrected chi connectivity index (χ0v) is 33.0. The van der Waals surface area contributed by atoms with Gasteiger partial charge in [-0.3, -0.25) is 0 Å². The van der Waals surface area contributed by atoms with E-state index in [0.717, 1.165) is 12.8 Å². The first-order chi connectivity index (χ1) is 24.0. The van der Waals surface area contributed by atoms with Crippen LogP contribution in [-0.4, -0.2) is 21.8 Å². The van der Waals surface area contributed by atoms with Crippen molar-refractivity contribution in [1.29, 1.82) is 0 Å². The second-order valence-corrected chi connectivity index (χ2v) is 21.2. The minimum Gasteiger partial charge on any atom is -0.345 e. The Morgan fingerprint density at radius 2 is 1.08 bits per heavy atom. The lowest BCUT2D eigenvalue weighted by molar-refractivity contribution is 0.830. The fourth-order valence-corrected chi connectivity index (χ4v) is 15.9. The lowest BCUT2D eigenvalue weighted by Gasteiger charge is -2.49. The standard InChI is InChI=1S/C46H55BN2Si/c1-11-18-34-27-36(30(2)3)46(37(28-34)31(4)5)47-38-19-12-13-20-40(38)48(10)43-29-35(25-26-39(43)47)49-41-21-14-16-23-44(41)50(32(6)7,33(8)9)45-24-17-15-22-42(45)49/h12-17,19-33H,11,18H2,1-10H3. The van der Waals surface area contributed by atoms with Gasteiger partial charge in [0, 0.05) is 35.5 Å². The predicted molar refractivity (Wildman–Crippen MR) is 224 cm³/mol. The molecule has 0 spiro atoms. The Balaban J connectivity index is 1.49. The minimum atomic E-state index is -2.10. The van der Waals surface area contributed by atoms with Crippen LogP contribution in [0.2, 0.25) is 11.1 Å². The van der Waals surface area contributed by atoms with Crippen LogP contribution < -0.4 is 36.6 Å². The first kappa shape index (κ1) is 34.4. The number of hydrogen-bond acceptors (Lipinski definition) is 2. The van der Waals surface area contributed by atoms with Crippen molar-refractivity contribution in [1.82, 2.24) is 0 Å². The first-order valence-electron chi connectivity index (χ1n) is 19.1. The van der Waals surface area contributed by atoms with E-state index < -0.39 is 8.07 Å². The van der Waals surface area contributed by atoms with E-state index in [9.17, 15) is 0 Å². The molecule has 5 aromatic rings. The highest BCUT2D eigenvalue weighted by atomic mass is 28.3. The molecule has 0 fully saturated rings. The summed E-state index contributed by atoms with van der Waals surface area (Å²) in [5.41, 5.74) is 16.5. The number of rotatable bonds is 8. The van der Waals surface area contributed by atoms with E-state index in [-0.39, 0.29) is 6.71 Å². The van der Waals surface area contributed by atoms with Gasteiger partial charge in [-0.2, -0.15) is 0 Å². The molecule has 0 atom stereocenters. The Morgan fingerprint density at radius 1 is 0.580 bits per heavy atom. The van der Waals surface area contributed by atoms with Gasteiger partial charge in [-0.15, -0.1) is 0 Å². The molecule has 2 aliphatic rings. The molecule has 2 heterocycles. The van der Waals surface area contributed by atoms with Crippen molar-refractivity contribution < 1.29 is 0 Å². The second kappa shape index (κ2) is 13.3.